The molecule has 4 heteroatoms. The zero-order chi connectivity index (χ0) is 21.8. The van der Waals surface area contributed by atoms with Crippen molar-refractivity contribution in [2.45, 2.75) is 142 Å². The Morgan fingerprint density at radius 3 is 0.931 bits per heavy atom. The molecule has 2 amide bonds. The van der Waals surface area contributed by atoms with Crippen LogP contribution in [0.15, 0.2) is 0 Å². The lowest BCUT2D eigenvalue weighted by Gasteiger charge is -2.05. The van der Waals surface area contributed by atoms with E-state index in [4.69, 9.17) is 9.53 Å². The van der Waals surface area contributed by atoms with E-state index in [-0.39, 0.29) is 0 Å². The summed E-state index contributed by atoms with van der Waals surface area (Å²) in [5.41, 5.74) is 8.50. The molecule has 0 aliphatic carbocycles. The maximum absolute atomic E-state index is 9.00. The van der Waals surface area contributed by atoms with Crippen molar-refractivity contribution in [2.75, 3.05) is 13.2 Å². The number of nitrogens with two attached hydrogens (primary N) is 2. The van der Waals surface area contributed by atoms with Gasteiger partial charge in [0.15, 0.2) is 0 Å². The number of hydrogen-bond acceptors (Lipinski definition) is 2. The minimum atomic E-state index is -0.833. The highest BCUT2D eigenvalue weighted by atomic mass is 16.5. The lowest BCUT2D eigenvalue weighted by molar-refractivity contribution is 0.125. The van der Waals surface area contributed by atoms with Crippen molar-refractivity contribution in [3.63, 3.8) is 0 Å². The van der Waals surface area contributed by atoms with E-state index in [0.29, 0.717) is 0 Å². The van der Waals surface area contributed by atoms with Gasteiger partial charge in [0, 0.05) is 13.2 Å². The van der Waals surface area contributed by atoms with Crippen LogP contribution >= 0.6 is 0 Å². The van der Waals surface area contributed by atoms with Gasteiger partial charge in [-0.25, -0.2) is 4.79 Å². The molecule has 0 aromatic heterocycles. The molecule has 0 atom stereocenters. The average molecular weight is 415 g/mol. The van der Waals surface area contributed by atoms with Crippen molar-refractivity contribution in [3.05, 3.63) is 0 Å². The number of ether oxygens (including phenoxy) is 1. The van der Waals surface area contributed by atoms with Crippen molar-refractivity contribution in [3.8, 4) is 0 Å². The Kier molecular flexibility index (Phi) is 30.9. The first kappa shape index (κ1) is 30.4. The van der Waals surface area contributed by atoms with Crippen LogP contribution in [0.2, 0.25) is 0 Å². The van der Waals surface area contributed by atoms with Crippen LogP contribution in [-0.2, 0) is 4.74 Å². The van der Waals surface area contributed by atoms with Crippen LogP contribution in [0, 0.1) is 0 Å². The van der Waals surface area contributed by atoms with E-state index >= 15 is 0 Å². The number of primary amides is 2. The summed E-state index contributed by atoms with van der Waals surface area (Å²) < 4.78 is 5.78. The number of carbonyl (C=O) groups excluding carboxylic acids is 1. The van der Waals surface area contributed by atoms with E-state index in [0.717, 1.165) is 13.2 Å². The third-order valence-corrected chi connectivity index (χ3v) is 5.28. The van der Waals surface area contributed by atoms with Gasteiger partial charge in [0.2, 0.25) is 0 Å². The highest BCUT2D eigenvalue weighted by molar-refractivity contribution is 5.69. The minimum Gasteiger partial charge on any atom is -0.381 e. The molecule has 0 saturated carbocycles. The zero-order valence-electron chi connectivity index (χ0n) is 20.0. The SMILES string of the molecule is CCCCCCCCCCCCOCCCCCCCCCCCC.NC(N)=O. The Hall–Kier alpha value is -0.770. The molecule has 0 rings (SSSR count). The van der Waals surface area contributed by atoms with Gasteiger partial charge < -0.3 is 16.2 Å². The number of carbonyl (C=O) groups is 1. The molecule has 4 nitrogen and oxygen atoms in total. The fourth-order valence-electron chi connectivity index (χ4n) is 3.49. The van der Waals surface area contributed by atoms with Crippen molar-refractivity contribution in [2.24, 2.45) is 11.5 Å². The van der Waals surface area contributed by atoms with Gasteiger partial charge in [-0.1, -0.05) is 129 Å². The molecular formula is C25H54N2O2. The lowest BCUT2D eigenvalue weighted by atomic mass is 10.1. The summed E-state index contributed by atoms with van der Waals surface area (Å²) >= 11 is 0. The molecule has 0 bridgehead atoms. The van der Waals surface area contributed by atoms with Crippen LogP contribution in [0.5, 0.6) is 0 Å². The third-order valence-electron chi connectivity index (χ3n) is 5.28. The molecule has 0 unspecified atom stereocenters. The largest absolute Gasteiger partial charge is 0.381 e. The maximum Gasteiger partial charge on any atom is 0.309 e. The summed E-state index contributed by atoms with van der Waals surface area (Å²) in [6, 6.07) is -0.833. The molecule has 0 aliphatic rings. The van der Waals surface area contributed by atoms with E-state index in [9.17, 15) is 0 Å². The first-order valence-electron chi connectivity index (χ1n) is 12.8. The molecular weight excluding hydrogens is 360 g/mol. The average Bonchev–Trinajstić information content (AvgIpc) is 2.69. The van der Waals surface area contributed by atoms with Gasteiger partial charge in [0.05, 0.1) is 0 Å². The lowest BCUT2D eigenvalue weighted by Crippen LogP contribution is -2.18. The molecule has 0 heterocycles. The normalized spacial score (nSPS) is 10.6. The van der Waals surface area contributed by atoms with Gasteiger partial charge in [-0.05, 0) is 12.8 Å². The molecule has 176 valence electrons. The third kappa shape index (κ3) is 38.5. The van der Waals surface area contributed by atoms with Crippen molar-refractivity contribution < 1.29 is 9.53 Å². The second-order valence-electron chi connectivity index (χ2n) is 8.38. The Balaban J connectivity index is 0. The summed E-state index contributed by atoms with van der Waals surface area (Å²) in [5, 5.41) is 0. The van der Waals surface area contributed by atoms with Crippen LogP contribution < -0.4 is 11.5 Å². The number of amides is 2. The van der Waals surface area contributed by atoms with Crippen molar-refractivity contribution in [1.29, 1.82) is 0 Å². The minimum absolute atomic E-state index is 0.833. The quantitative estimate of drug-likeness (QED) is 0.177. The molecule has 0 saturated heterocycles. The Morgan fingerprint density at radius 1 is 0.483 bits per heavy atom. The zero-order valence-corrected chi connectivity index (χ0v) is 20.0. The number of hydrogen-bond donors (Lipinski definition) is 2. The summed E-state index contributed by atoms with van der Waals surface area (Å²) in [6.45, 7) is 6.57. The fraction of sp³-hybridized carbons (Fsp3) is 0.960. The van der Waals surface area contributed by atoms with Gasteiger partial charge in [-0.15, -0.1) is 0 Å². The van der Waals surface area contributed by atoms with Gasteiger partial charge in [-0.3, -0.25) is 0 Å². The van der Waals surface area contributed by atoms with Crippen LogP contribution in [0.1, 0.15) is 142 Å². The summed E-state index contributed by atoms with van der Waals surface area (Å²) in [4.78, 5) is 9.00. The first-order valence-corrected chi connectivity index (χ1v) is 12.8. The van der Waals surface area contributed by atoms with E-state index in [1.165, 1.54) is 128 Å². The maximum atomic E-state index is 9.00. The predicted octanol–water partition coefficient (Wildman–Crippen LogP) is 7.87. The molecule has 4 N–H and O–H groups in total. The molecule has 29 heavy (non-hydrogen) atoms. The highest BCUT2D eigenvalue weighted by Gasteiger charge is 1.95. The van der Waals surface area contributed by atoms with Gasteiger partial charge >= 0.3 is 6.03 Å². The molecule has 0 aliphatic heterocycles. The summed E-state index contributed by atoms with van der Waals surface area (Å²) in [7, 11) is 0. The number of unbranched alkanes of at least 4 members (excludes halogenated alkanes) is 18. The van der Waals surface area contributed by atoms with E-state index in [1.54, 1.807) is 0 Å². The number of rotatable bonds is 22. The van der Waals surface area contributed by atoms with E-state index in [1.807, 2.05) is 0 Å². The number of urea groups is 1. The van der Waals surface area contributed by atoms with Crippen molar-refractivity contribution >= 4 is 6.03 Å². The van der Waals surface area contributed by atoms with Crippen LogP contribution in [0.25, 0.3) is 0 Å². The molecule has 0 aromatic carbocycles. The van der Waals surface area contributed by atoms with E-state index < -0.39 is 6.03 Å². The topological polar surface area (TPSA) is 78.3 Å². The van der Waals surface area contributed by atoms with Gasteiger partial charge in [-0.2, -0.15) is 0 Å². The van der Waals surface area contributed by atoms with Gasteiger partial charge in [0.1, 0.15) is 0 Å². The second kappa shape index (κ2) is 29.4. The predicted molar refractivity (Wildman–Crippen MR) is 128 cm³/mol. The summed E-state index contributed by atoms with van der Waals surface area (Å²) in [6.07, 6.45) is 28.2. The molecule has 0 radical (unpaired) electrons. The van der Waals surface area contributed by atoms with Crippen LogP contribution in [0.4, 0.5) is 4.79 Å². The second-order valence-corrected chi connectivity index (χ2v) is 8.38. The van der Waals surface area contributed by atoms with Crippen LogP contribution in [-0.4, -0.2) is 19.2 Å². The van der Waals surface area contributed by atoms with Gasteiger partial charge in [0.25, 0.3) is 0 Å². The molecule has 0 spiro atoms. The van der Waals surface area contributed by atoms with E-state index in [2.05, 4.69) is 25.3 Å². The molecule has 0 aromatic rings. The fourth-order valence-corrected chi connectivity index (χ4v) is 3.49. The summed E-state index contributed by atoms with van der Waals surface area (Å²) in [5.74, 6) is 0. The highest BCUT2D eigenvalue weighted by Crippen LogP contribution is 2.12. The standard InChI is InChI=1S/C24H50O.CH4N2O/c1-3-5-7-9-11-13-15-17-19-21-23-25-24-22-20-18-16-14-12-10-8-6-4-2;2-1(3)4/h3-24H2,1-2H3;(H4,2,3,4). The van der Waals surface area contributed by atoms with Crippen molar-refractivity contribution in [1.82, 2.24) is 0 Å². The Labute approximate surface area is 182 Å². The molecule has 0 fully saturated rings. The smallest absolute Gasteiger partial charge is 0.309 e. The first-order chi connectivity index (χ1) is 14.1. The van der Waals surface area contributed by atoms with Crippen LogP contribution in [0.3, 0.4) is 0 Å². The Morgan fingerprint density at radius 2 is 0.690 bits per heavy atom. The monoisotopic (exact) mass is 414 g/mol. The Bertz CT molecular complexity index is 273.